The fourth-order valence-electron chi connectivity index (χ4n) is 2.15. The van der Waals surface area contributed by atoms with Gasteiger partial charge in [0.25, 0.3) is 5.91 Å². The number of hydrogen-bond donors (Lipinski definition) is 2. The zero-order chi connectivity index (χ0) is 17.0. The lowest BCUT2D eigenvalue weighted by atomic mass is 9.96. The summed E-state index contributed by atoms with van der Waals surface area (Å²) in [4.78, 5) is 11.9. The van der Waals surface area contributed by atoms with Gasteiger partial charge >= 0.3 is 0 Å². The van der Waals surface area contributed by atoms with Crippen molar-refractivity contribution in [3.05, 3.63) is 29.3 Å². The van der Waals surface area contributed by atoms with Gasteiger partial charge in [0, 0.05) is 20.2 Å². The Hall–Kier alpha value is -2.35. The predicted molar refractivity (Wildman–Crippen MR) is 83.8 cm³/mol. The second-order valence-corrected chi connectivity index (χ2v) is 5.72. The first-order valence-corrected chi connectivity index (χ1v) is 7.53. The predicted octanol–water partition coefficient (Wildman–Crippen LogP) is 2.08. The van der Waals surface area contributed by atoms with Crippen LogP contribution in [0.5, 0.6) is 5.88 Å². The van der Waals surface area contributed by atoms with Gasteiger partial charge in [0.05, 0.1) is 11.8 Å². The SMILES string of the molecule is CCC(C)C(Oc1cc(C(=O)NN(C)C)[nH]n1)c1cnoc1C. The number of hydrogen-bond acceptors (Lipinski definition) is 6. The summed E-state index contributed by atoms with van der Waals surface area (Å²) in [5.41, 5.74) is 3.86. The molecule has 2 atom stereocenters. The lowest BCUT2D eigenvalue weighted by Crippen LogP contribution is -2.36. The van der Waals surface area contributed by atoms with Crippen LogP contribution in [0, 0.1) is 12.8 Å². The molecule has 8 heteroatoms. The minimum atomic E-state index is -0.279. The molecule has 0 fully saturated rings. The Morgan fingerprint density at radius 1 is 1.52 bits per heavy atom. The Labute approximate surface area is 135 Å². The summed E-state index contributed by atoms with van der Waals surface area (Å²) >= 11 is 0. The van der Waals surface area contributed by atoms with E-state index in [1.165, 1.54) is 0 Å². The number of ether oxygens (including phenoxy) is 1. The van der Waals surface area contributed by atoms with Crippen molar-refractivity contribution in [3.8, 4) is 5.88 Å². The van der Waals surface area contributed by atoms with Gasteiger partial charge in [-0.2, -0.15) is 0 Å². The Morgan fingerprint density at radius 2 is 2.26 bits per heavy atom. The Balaban J connectivity index is 2.16. The van der Waals surface area contributed by atoms with Crippen LogP contribution < -0.4 is 10.2 Å². The number of carbonyl (C=O) groups is 1. The molecule has 0 bridgehead atoms. The number of aromatic amines is 1. The third-order valence-corrected chi connectivity index (χ3v) is 3.63. The number of nitrogens with one attached hydrogen (secondary N) is 2. The number of aromatic nitrogens is 3. The van der Waals surface area contributed by atoms with Gasteiger partial charge in [0.15, 0.2) is 0 Å². The molecule has 2 heterocycles. The summed E-state index contributed by atoms with van der Waals surface area (Å²) in [6, 6.07) is 1.58. The Morgan fingerprint density at radius 3 is 2.83 bits per heavy atom. The van der Waals surface area contributed by atoms with Gasteiger partial charge in [-0.05, 0) is 19.3 Å². The number of nitrogens with zero attached hydrogens (tertiary/aromatic N) is 3. The van der Waals surface area contributed by atoms with Crippen molar-refractivity contribution in [3.63, 3.8) is 0 Å². The van der Waals surface area contributed by atoms with E-state index in [4.69, 9.17) is 9.26 Å². The molecule has 2 rings (SSSR count). The highest BCUT2D eigenvalue weighted by molar-refractivity contribution is 5.92. The maximum atomic E-state index is 11.9. The van der Waals surface area contributed by atoms with Gasteiger partial charge in [0.1, 0.15) is 17.6 Å². The highest BCUT2D eigenvalue weighted by atomic mass is 16.5. The van der Waals surface area contributed by atoms with E-state index in [-0.39, 0.29) is 17.9 Å². The van der Waals surface area contributed by atoms with E-state index in [0.29, 0.717) is 11.6 Å². The largest absolute Gasteiger partial charge is 0.468 e. The number of carbonyl (C=O) groups excluding carboxylic acids is 1. The van der Waals surface area contributed by atoms with Gasteiger partial charge in [-0.15, -0.1) is 5.10 Å². The zero-order valence-corrected chi connectivity index (χ0v) is 14.1. The van der Waals surface area contributed by atoms with E-state index in [0.717, 1.165) is 17.7 Å². The van der Waals surface area contributed by atoms with E-state index in [1.807, 2.05) is 6.92 Å². The molecule has 23 heavy (non-hydrogen) atoms. The van der Waals surface area contributed by atoms with Crippen molar-refractivity contribution in [1.29, 1.82) is 0 Å². The molecule has 0 radical (unpaired) electrons. The van der Waals surface area contributed by atoms with Crippen molar-refractivity contribution in [1.82, 2.24) is 25.8 Å². The molecule has 0 saturated heterocycles. The average Bonchev–Trinajstić information content (AvgIpc) is 3.12. The third-order valence-electron chi connectivity index (χ3n) is 3.63. The van der Waals surface area contributed by atoms with E-state index >= 15 is 0 Å². The molecule has 126 valence electrons. The fourth-order valence-corrected chi connectivity index (χ4v) is 2.15. The summed E-state index contributed by atoms with van der Waals surface area (Å²) < 4.78 is 11.1. The molecule has 8 nitrogen and oxygen atoms in total. The number of hydrazine groups is 1. The van der Waals surface area contributed by atoms with Crippen molar-refractivity contribution in [2.45, 2.75) is 33.3 Å². The van der Waals surface area contributed by atoms with Crippen LogP contribution in [-0.2, 0) is 0 Å². The molecule has 1 amide bonds. The highest BCUT2D eigenvalue weighted by Gasteiger charge is 2.25. The van der Waals surface area contributed by atoms with E-state index in [9.17, 15) is 4.79 Å². The van der Waals surface area contributed by atoms with E-state index in [2.05, 4.69) is 34.6 Å². The van der Waals surface area contributed by atoms with Crippen LogP contribution >= 0.6 is 0 Å². The molecule has 0 aliphatic rings. The number of aryl methyl sites for hydroxylation is 1. The summed E-state index contributed by atoms with van der Waals surface area (Å²) in [7, 11) is 3.47. The molecular formula is C15H23N5O3. The maximum Gasteiger partial charge on any atom is 0.283 e. The maximum absolute atomic E-state index is 11.9. The second-order valence-electron chi connectivity index (χ2n) is 5.72. The van der Waals surface area contributed by atoms with Gasteiger partial charge in [-0.25, -0.2) is 5.01 Å². The van der Waals surface area contributed by atoms with Gasteiger partial charge in [-0.3, -0.25) is 15.3 Å². The van der Waals surface area contributed by atoms with Crippen molar-refractivity contribution in [2.24, 2.45) is 5.92 Å². The monoisotopic (exact) mass is 321 g/mol. The second kappa shape index (κ2) is 7.28. The minimum absolute atomic E-state index is 0.237. The topological polar surface area (TPSA) is 96.3 Å². The van der Waals surface area contributed by atoms with Gasteiger partial charge < -0.3 is 9.26 Å². The zero-order valence-electron chi connectivity index (χ0n) is 14.1. The molecule has 2 aromatic heterocycles. The first-order valence-electron chi connectivity index (χ1n) is 7.53. The molecule has 0 aliphatic heterocycles. The van der Waals surface area contributed by atoms with Crippen LogP contribution in [0.1, 0.15) is 48.2 Å². The van der Waals surface area contributed by atoms with Crippen LogP contribution in [0.4, 0.5) is 0 Å². The molecule has 0 aromatic carbocycles. The van der Waals surface area contributed by atoms with Gasteiger partial charge in [-0.1, -0.05) is 19.0 Å². The summed E-state index contributed by atoms with van der Waals surface area (Å²) in [5, 5.41) is 12.1. The van der Waals surface area contributed by atoms with E-state index in [1.54, 1.807) is 31.4 Å². The van der Waals surface area contributed by atoms with Crippen LogP contribution in [0.25, 0.3) is 0 Å². The van der Waals surface area contributed by atoms with E-state index < -0.39 is 0 Å². The molecule has 2 N–H and O–H groups in total. The quantitative estimate of drug-likeness (QED) is 0.758. The van der Waals surface area contributed by atoms with Crippen LogP contribution in [-0.4, -0.2) is 40.4 Å². The minimum Gasteiger partial charge on any atom is -0.468 e. The first kappa shape index (κ1) is 17.0. The van der Waals surface area contributed by atoms with Gasteiger partial charge in [0.2, 0.25) is 5.88 Å². The standard InChI is InChI=1S/C15H23N5O3/c1-6-9(2)14(11-8-16-23-10(11)3)22-13-7-12(17-18-13)15(21)19-20(4)5/h7-9,14H,6H2,1-5H3,(H,17,18)(H,19,21). The van der Waals surface area contributed by atoms with Crippen molar-refractivity contribution in [2.75, 3.05) is 14.1 Å². The third kappa shape index (κ3) is 4.10. The lowest BCUT2D eigenvalue weighted by Gasteiger charge is -2.22. The fraction of sp³-hybridized carbons (Fsp3) is 0.533. The van der Waals surface area contributed by atoms with Crippen molar-refractivity contribution < 1.29 is 14.1 Å². The molecule has 2 unspecified atom stereocenters. The molecule has 0 aliphatic carbocycles. The summed E-state index contributed by atoms with van der Waals surface area (Å²) in [6.07, 6.45) is 2.35. The van der Waals surface area contributed by atoms with Crippen LogP contribution in [0.15, 0.2) is 16.8 Å². The summed E-state index contributed by atoms with van der Waals surface area (Å²) in [6.45, 7) is 6.02. The first-order chi connectivity index (χ1) is 10.9. The number of rotatable bonds is 7. The molecule has 0 saturated carbocycles. The number of H-pyrrole nitrogens is 1. The molecular weight excluding hydrogens is 298 g/mol. The van der Waals surface area contributed by atoms with Crippen LogP contribution in [0.2, 0.25) is 0 Å². The molecule has 0 spiro atoms. The normalized spacial score (nSPS) is 13.8. The summed E-state index contributed by atoms with van der Waals surface area (Å²) in [5.74, 6) is 1.04. The highest BCUT2D eigenvalue weighted by Crippen LogP contribution is 2.31. The molecule has 2 aromatic rings. The number of amides is 1. The van der Waals surface area contributed by atoms with Crippen molar-refractivity contribution >= 4 is 5.91 Å². The smallest absolute Gasteiger partial charge is 0.283 e. The Kier molecular flexibility index (Phi) is 5.38. The lowest BCUT2D eigenvalue weighted by molar-refractivity contribution is 0.0851. The average molecular weight is 321 g/mol. The Bertz CT molecular complexity index is 649. The van der Waals surface area contributed by atoms with Crippen LogP contribution in [0.3, 0.4) is 0 Å².